The first-order valence-electron chi connectivity index (χ1n) is 7.12. The Kier molecular flexibility index (Phi) is 5.04. The van der Waals surface area contributed by atoms with Crippen LogP contribution < -0.4 is 10.1 Å². The van der Waals surface area contributed by atoms with Crippen molar-refractivity contribution in [3.8, 4) is 5.75 Å². The van der Waals surface area contributed by atoms with Gasteiger partial charge in [0, 0.05) is 0 Å². The van der Waals surface area contributed by atoms with Crippen LogP contribution in [-0.2, 0) is 0 Å². The molecule has 2 aromatic rings. The van der Waals surface area contributed by atoms with Crippen LogP contribution in [0.25, 0.3) is 0 Å². The van der Waals surface area contributed by atoms with Gasteiger partial charge in [0.1, 0.15) is 5.75 Å². The van der Waals surface area contributed by atoms with E-state index in [0.29, 0.717) is 6.10 Å². The van der Waals surface area contributed by atoms with E-state index in [4.69, 9.17) is 4.74 Å². The van der Waals surface area contributed by atoms with Gasteiger partial charge >= 0.3 is 0 Å². The monoisotopic (exact) mass is 429 g/mol. The van der Waals surface area contributed by atoms with Crippen molar-refractivity contribution in [2.45, 2.75) is 31.9 Å². The molecule has 1 aromatic carbocycles. The summed E-state index contributed by atoms with van der Waals surface area (Å²) < 4.78 is 8.12. The molecule has 21 heavy (non-hydrogen) atoms. The molecule has 5 heteroatoms. The predicted molar refractivity (Wildman–Crippen MR) is 95.3 cm³/mol. The molecule has 0 aliphatic heterocycles. The SMILES string of the molecule is CCNC(c1ccc(OC2CC2)cc1)c1cc(Br)sc1Br. The van der Waals surface area contributed by atoms with E-state index >= 15 is 0 Å². The molecule has 2 nitrogen and oxygen atoms in total. The van der Waals surface area contributed by atoms with E-state index in [0.717, 1.165) is 16.1 Å². The summed E-state index contributed by atoms with van der Waals surface area (Å²) in [5, 5.41) is 3.56. The highest BCUT2D eigenvalue weighted by atomic mass is 79.9. The minimum atomic E-state index is 0.196. The quantitative estimate of drug-likeness (QED) is 0.651. The third kappa shape index (κ3) is 3.89. The molecule has 0 radical (unpaired) electrons. The van der Waals surface area contributed by atoms with E-state index in [9.17, 15) is 0 Å². The summed E-state index contributed by atoms with van der Waals surface area (Å²) in [6, 6.07) is 10.8. The van der Waals surface area contributed by atoms with Crippen molar-refractivity contribution in [1.29, 1.82) is 0 Å². The number of hydrogen-bond acceptors (Lipinski definition) is 3. The van der Waals surface area contributed by atoms with Crippen LogP contribution in [0.2, 0.25) is 0 Å². The van der Waals surface area contributed by atoms with Gasteiger partial charge in [-0.05, 0) is 80.6 Å². The highest BCUT2D eigenvalue weighted by molar-refractivity contribution is 9.12. The second-order valence-corrected chi connectivity index (χ2v) is 8.91. The van der Waals surface area contributed by atoms with Gasteiger partial charge in [0.2, 0.25) is 0 Å². The smallest absolute Gasteiger partial charge is 0.119 e. The van der Waals surface area contributed by atoms with Crippen LogP contribution >= 0.6 is 43.2 Å². The molecule has 0 spiro atoms. The van der Waals surface area contributed by atoms with Crippen molar-refractivity contribution in [3.05, 3.63) is 49.0 Å². The van der Waals surface area contributed by atoms with E-state index in [1.807, 2.05) is 0 Å². The molecular weight excluding hydrogens is 414 g/mol. The van der Waals surface area contributed by atoms with E-state index in [1.165, 1.54) is 27.8 Å². The summed E-state index contributed by atoms with van der Waals surface area (Å²) in [4.78, 5) is 0. The number of rotatable bonds is 6. The number of hydrogen-bond donors (Lipinski definition) is 1. The van der Waals surface area contributed by atoms with Crippen LogP contribution in [-0.4, -0.2) is 12.6 Å². The molecule has 0 bridgehead atoms. The molecular formula is C16H17Br2NOS. The van der Waals surface area contributed by atoms with Crippen molar-refractivity contribution in [1.82, 2.24) is 5.32 Å². The molecule has 1 saturated carbocycles. The number of nitrogens with one attached hydrogen (secondary N) is 1. The van der Waals surface area contributed by atoms with E-state index in [2.05, 4.69) is 74.4 Å². The second kappa shape index (κ2) is 6.82. The van der Waals surface area contributed by atoms with Crippen molar-refractivity contribution in [3.63, 3.8) is 0 Å². The van der Waals surface area contributed by atoms with Crippen molar-refractivity contribution in [2.24, 2.45) is 0 Å². The van der Waals surface area contributed by atoms with Gasteiger partial charge < -0.3 is 10.1 Å². The normalized spacial score (nSPS) is 16.0. The van der Waals surface area contributed by atoms with E-state index < -0.39 is 0 Å². The standard InChI is InChI=1S/C16H17Br2NOS/c1-2-19-15(13-9-14(17)21-16(13)18)10-3-5-11(6-4-10)20-12-7-8-12/h3-6,9,12,15,19H,2,7-8H2,1H3. The maximum atomic E-state index is 5.82. The van der Waals surface area contributed by atoms with Gasteiger partial charge in [0.05, 0.1) is 19.7 Å². The predicted octanol–water partition coefficient (Wildman–Crippen LogP) is 5.51. The zero-order valence-corrected chi connectivity index (χ0v) is 15.7. The summed E-state index contributed by atoms with van der Waals surface area (Å²) in [5.74, 6) is 0.974. The maximum absolute atomic E-state index is 5.82. The Morgan fingerprint density at radius 3 is 2.52 bits per heavy atom. The Balaban J connectivity index is 1.84. The van der Waals surface area contributed by atoms with E-state index in [-0.39, 0.29) is 6.04 Å². The molecule has 1 unspecified atom stereocenters. The number of halogens is 2. The Bertz CT molecular complexity index is 607. The topological polar surface area (TPSA) is 21.3 Å². The molecule has 1 fully saturated rings. The summed E-state index contributed by atoms with van der Waals surface area (Å²) in [6.07, 6.45) is 2.83. The molecule has 0 amide bonds. The van der Waals surface area contributed by atoms with Crippen LogP contribution in [0.3, 0.4) is 0 Å². The zero-order valence-electron chi connectivity index (χ0n) is 11.7. The van der Waals surface area contributed by atoms with Crippen LogP contribution in [0.4, 0.5) is 0 Å². The maximum Gasteiger partial charge on any atom is 0.119 e. The molecule has 3 rings (SSSR count). The summed E-state index contributed by atoms with van der Waals surface area (Å²) in [7, 11) is 0. The van der Waals surface area contributed by atoms with Gasteiger partial charge in [-0.2, -0.15) is 0 Å². The first-order chi connectivity index (χ1) is 10.2. The lowest BCUT2D eigenvalue weighted by atomic mass is 10.0. The Labute approximate surface area is 146 Å². The van der Waals surface area contributed by atoms with Gasteiger partial charge in [-0.3, -0.25) is 0 Å². The largest absolute Gasteiger partial charge is 0.490 e. The lowest BCUT2D eigenvalue weighted by molar-refractivity contribution is 0.303. The van der Waals surface area contributed by atoms with Crippen LogP contribution in [0.1, 0.15) is 36.9 Å². The molecule has 0 saturated heterocycles. The van der Waals surface area contributed by atoms with Gasteiger partial charge in [-0.1, -0.05) is 19.1 Å². The van der Waals surface area contributed by atoms with Gasteiger partial charge in [0.25, 0.3) is 0 Å². The van der Waals surface area contributed by atoms with Crippen molar-refractivity contribution in [2.75, 3.05) is 6.54 Å². The lowest BCUT2D eigenvalue weighted by Crippen LogP contribution is -2.21. The van der Waals surface area contributed by atoms with Crippen LogP contribution in [0.15, 0.2) is 37.9 Å². The highest BCUT2D eigenvalue weighted by Crippen LogP contribution is 2.38. The molecule has 1 atom stereocenters. The lowest BCUT2D eigenvalue weighted by Gasteiger charge is -2.18. The minimum absolute atomic E-state index is 0.196. The first kappa shape index (κ1) is 15.5. The molecule has 1 aliphatic rings. The third-order valence-corrected chi connectivity index (χ3v) is 5.83. The number of benzene rings is 1. The van der Waals surface area contributed by atoms with Crippen molar-refractivity contribution < 1.29 is 4.74 Å². The average Bonchev–Trinajstić information content (AvgIpc) is 3.21. The minimum Gasteiger partial charge on any atom is -0.490 e. The fourth-order valence-corrected chi connectivity index (χ4v) is 5.18. The molecule has 1 N–H and O–H groups in total. The van der Waals surface area contributed by atoms with E-state index in [1.54, 1.807) is 11.3 Å². The van der Waals surface area contributed by atoms with Gasteiger partial charge in [0.15, 0.2) is 0 Å². The number of ether oxygens (including phenoxy) is 1. The molecule has 1 aliphatic carbocycles. The molecule has 112 valence electrons. The van der Waals surface area contributed by atoms with Crippen molar-refractivity contribution >= 4 is 43.2 Å². The summed E-state index contributed by atoms with van der Waals surface area (Å²) in [5.41, 5.74) is 2.52. The summed E-state index contributed by atoms with van der Waals surface area (Å²) >= 11 is 8.93. The Morgan fingerprint density at radius 1 is 1.29 bits per heavy atom. The van der Waals surface area contributed by atoms with Crippen LogP contribution in [0.5, 0.6) is 5.75 Å². The van der Waals surface area contributed by atoms with Gasteiger partial charge in [-0.25, -0.2) is 0 Å². The zero-order chi connectivity index (χ0) is 14.8. The van der Waals surface area contributed by atoms with Crippen LogP contribution in [0, 0.1) is 0 Å². The molecule has 1 heterocycles. The Morgan fingerprint density at radius 2 is 2.00 bits per heavy atom. The fraction of sp³-hybridized carbons (Fsp3) is 0.375. The highest BCUT2D eigenvalue weighted by Gasteiger charge is 2.24. The number of thiophene rings is 1. The Hall–Kier alpha value is -0.360. The third-order valence-electron chi connectivity index (χ3n) is 3.44. The summed E-state index contributed by atoms with van der Waals surface area (Å²) in [6.45, 7) is 3.05. The average molecular weight is 431 g/mol. The molecule has 1 aromatic heterocycles. The second-order valence-electron chi connectivity index (χ2n) is 5.16. The first-order valence-corrected chi connectivity index (χ1v) is 9.52. The van der Waals surface area contributed by atoms with Gasteiger partial charge in [-0.15, -0.1) is 11.3 Å². The fourth-order valence-electron chi connectivity index (χ4n) is 2.28.